The standard InChI is InChI=1S/C19H21N5O.HI/c1-25-16-7-4-6-15(13-16)23-19(20)22-12-11-21-18-10-9-14-5-2-3-8-17(14)24-18;/h2-10,13H,11-12H2,1H3,(H,21,24)(H3,20,22,23);1H. The SMILES string of the molecule is COc1cccc(NC(N)=NCCNc2ccc3ccccc3n2)c1.I. The Bertz CT molecular complexity index is 884. The molecular formula is C19H22IN5O. The fourth-order valence-corrected chi connectivity index (χ4v) is 2.41. The van der Waals surface area contributed by atoms with Crippen molar-refractivity contribution in [2.45, 2.75) is 0 Å². The van der Waals surface area contributed by atoms with Crippen LogP contribution in [0.15, 0.2) is 65.7 Å². The molecule has 6 nitrogen and oxygen atoms in total. The molecule has 0 saturated heterocycles. The van der Waals surface area contributed by atoms with Crippen LogP contribution in [0.1, 0.15) is 0 Å². The molecule has 0 radical (unpaired) electrons. The zero-order valence-corrected chi connectivity index (χ0v) is 16.8. The molecule has 0 aliphatic heterocycles. The number of hydrogen-bond acceptors (Lipinski definition) is 4. The van der Waals surface area contributed by atoms with Gasteiger partial charge in [-0.1, -0.05) is 24.3 Å². The van der Waals surface area contributed by atoms with Gasteiger partial charge in [-0.3, -0.25) is 4.99 Å². The van der Waals surface area contributed by atoms with Gasteiger partial charge in [-0.15, -0.1) is 24.0 Å². The average molecular weight is 463 g/mol. The summed E-state index contributed by atoms with van der Waals surface area (Å²) in [7, 11) is 1.63. The molecule has 7 heteroatoms. The third kappa shape index (κ3) is 5.48. The second kappa shape index (κ2) is 9.81. The number of aromatic nitrogens is 1. The minimum absolute atomic E-state index is 0. The summed E-state index contributed by atoms with van der Waals surface area (Å²) in [6, 6.07) is 19.6. The summed E-state index contributed by atoms with van der Waals surface area (Å²) in [6.07, 6.45) is 0. The van der Waals surface area contributed by atoms with E-state index in [1.807, 2.05) is 60.7 Å². The Morgan fingerprint density at radius 1 is 1.12 bits per heavy atom. The second-order valence-corrected chi connectivity index (χ2v) is 5.44. The monoisotopic (exact) mass is 463 g/mol. The van der Waals surface area contributed by atoms with Gasteiger partial charge in [-0.25, -0.2) is 4.98 Å². The van der Waals surface area contributed by atoms with E-state index >= 15 is 0 Å². The summed E-state index contributed by atoms with van der Waals surface area (Å²) in [5.41, 5.74) is 7.71. The smallest absolute Gasteiger partial charge is 0.193 e. The minimum atomic E-state index is 0. The Kier molecular flexibility index (Phi) is 7.46. The molecule has 1 aromatic heterocycles. The third-order valence-corrected chi connectivity index (χ3v) is 3.64. The number of aliphatic imine (C=N–C) groups is 1. The van der Waals surface area contributed by atoms with E-state index in [2.05, 4.69) is 20.6 Å². The molecule has 0 spiro atoms. The first kappa shape index (κ1) is 19.8. The molecule has 0 unspecified atom stereocenters. The molecule has 0 fully saturated rings. The van der Waals surface area contributed by atoms with Crippen LogP contribution in [-0.2, 0) is 0 Å². The second-order valence-electron chi connectivity index (χ2n) is 5.44. The summed E-state index contributed by atoms with van der Waals surface area (Å²) in [4.78, 5) is 8.86. The van der Waals surface area contributed by atoms with Crippen LogP contribution < -0.4 is 21.1 Å². The van der Waals surface area contributed by atoms with Gasteiger partial charge in [0.1, 0.15) is 11.6 Å². The van der Waals surface area contributed by atoms with E-state index in [1.54, 1.807) is 7.11 Å². The van der Waals surface area contributed by atoms with Crippen molar-refractivity contribution in [1.29, 1.82) is 0 Å². The number of anilines is 2. The number of guanidine groups is 1. The summed E-state index contributed by atoms with van der Waals surface area (Å²) < 4.78 is 5.18. The van der Waals surface area contributed by atoms with Crippen LogP contribution in [-0.4, -0.2) is 31.1 Å². The van der Waals surface area contributed by atoms with Gasteiger partial charge in [0.05, 0.1) is 19.2 Å². The fourth-order valence-electron chi connectivity index (χ4n) is 2.41. The van der Waals surface area contributed by atoms with Gasteiger partial charge in [0, 0.05) is 23.7 Å². The number of fused-ring (bicyclic) bond motifs is 1. The number of halogens is 1. The fraction of sp³-hybridized carbons (Fsp3) is 0.158. The number of rotatable bonds is 6. The van der Waals surface area contributed by atoms with E-state index in [0.29, 0.717) is 19.0 Å². The first-order valence-corrected chi connectivity index (χ1v) is 8.05. The Labute approximate surface area is 169 Å². The highest BCUT2D eigenvalue weighted by Gasteiger charge is 1.99. The van der Waals surface area contributed by atoms with Gasteiger partial charge in [0.25, 0.3) is 0 Å². The number of para-hydroxylation sites is 1. The Hall–Kier alpha value is -2.55. The van der Waals surface area contributed by atoms with E-state index in [-0.39, 0.29) is 24.0 Å². The van der Waals surface area contributed by atoms with E-state index < -0.39 is 0 Å². The number of nitrogens with zero attached hydrogens (tertiary/aromatic N) is 2. The lowest BCUT2D eigenvalue weighted by Gasteiger charge is -2.08. The van der Waals surface area contributed by atoms with E-state index in [0.717, 1.165) is 28.2 Å². The number of ether oxygens (including phenoxy) is 1. The zero-order valence-electron chi connectivity index (χ0n) is 14.5. The van der Waals surface area contributed by atoms with Crippen molar-refractivity contribution >= 4 is 52.3 Å². The molecule has 136 valence electrons. The third-order valence-electron chi connectivity index (χ3n) is 3.64. The summed E-state index contributed by atoms with van der Waals surface area (Å²) in [5, 5.41) is 7.42. The van der Waals surface area contributed by atoms with Crippen molar-refractivity contribution in [2.75, 3.05) is 30.8 Å². The molecule has 3 aromatic rings. The van der Waals surface area contributed by atoms with E-state index in [4.69, 9.17) is 10.5 Å². The predicted octanol–water partition coefficient (Wildman–Crippen LogP) is 3.70. The van der Waals surface area contributed by atoms with E-state index in [9.17, 15) is 0 Å². The Morgan fingerprint density at radius 2 is 1.96 bits per heavy atom. The number of benzene rings is 2. The number of nitrogens with one attached hydrogen (secondary N) is 2. The number of methoxy groups -OCH3 is 1. The molecule has 4 N–H and O–H groups in total. The highest BCUT2D eigenvalue weighted by Crippen LogP contribution is 2.16. The highest BCUT2D eigenvalue weighted by molar-refractivity contribution is 14.0. The van der Waals surface area contributed by atoms with Crippen molar-refractivity contribution in [3.63, 3.8) is 0 Å². The molecule has 2 aromatic carbocycles. The van der Waals surface area contributed by atoms with Crippen molar-refractivity contribution in [3.05, 3.63) is 60.7 Å². The van der Waals surface area contributed by atoms with Gasteiger partial charge < -0.3 is 21.1 Å². The van der Waals surface area contributed by atoms with Gasteiger partial charge in [-0.05, 0) is 30.3 Å². The maximum Gasteiger partial charge on any atom is 0.193 e. The summed E-state index contributed by atoms with van der Waals surface area (Å²) in [5.74, 6) is 1.96. The maximum atomic E-state index is 5.91. The molecular weight excluding hydrogens is 441 g/mol. The Morgan fingerprint density at radius 3 is 2.81 bits per heavy atom. The first-order chi connectivity index (χ1) is 12.2. The largest absolute Gasteiger partial charge is 0.497 e. The Balaban J connectivity index is 0.00000243. The molecule has 0 aliphatic carbocycles. The van der Waals surface area contributed by atoms with Crippen LogP contribution in [0.4, 0.5) is 11.5 Å². The summed E-state index contributed by atoms with van der Waals surface area (Å²) >= 11 is 0. The van der Waals surface area contributed by atoms with Crippen molar-refractivity contribution in [3.8, 4) is 5.75 Å². The zero-order chi connectivity index (χ0) is 17.5. The van der Waals surface area contributed by atoms with Crippen LogP contribution in [0.2, 0.25) is 0 Å². The molecule has 0 atom stereocenters. The summed E-state index contributed by atoms with van der Waals surface area (Å²) in [6.45, 7) is 1.18. The minimum Gasteiger partial charge on any atom is -0.497 e. The lowest BCUT2D eigenvalue weighted by Crippen LogP contribution is -2.23. The molecule has 26 heavy (non-hydrogen) atoms. The quantitative estimate of drug-likeness (QED) is 0.225. The first-order valence-electron chi connectivity index (χ1n) is 8.05. The van der Waals surface area contributed by atoms with Crippen LogP contribution >= 0.6 is 24.0 Å². The maximum absolute atomic E-state index is 5.91. The topological polar surface area (TPSA) is 84.6 Å². The van der Waals surface area contributed by atoms with Crippen molar-refractivity contribution in [2.24, 2.45) is 10.7 Å². The molecule has 0 saturated carbocycles. The number of nitrogens with two attached hydrogens (primary N) is 1. The van der Waals surface area contributed by atoms with Crippen LogP contribution in [0, 0.1) is 0 Å². The highest BCUT2D eigenvalue weighted by atomic mass is 127. The number of pyridine rings is 1. The molecule has 1 heterocycles. The molecule has 0 amide bonds. The van der Waals surface area contributed by atoms with Gasteiger partial charge in [0.2, 0.25) is 0 Å². The van der Waals surface area contributed by atoms with E-state index in [1.165, 1.54) is 0 Å². The predicted molar refractivity (Wildman–Crippen MR) is 119 cm³/mol. The lowest BCUT2D eigenvalue weighted by atomic mass is 10.2. The number of hydrogen-bond donors (Lipinski definition) is 3. The van der Waals surface area contributed by atoms with Gasteiger partial charge in [-0.2, -0.15) is 0 Å². The molecule has 0 bridgehead atoms. The van der Waals surface area contributed by atoms with Crippen LogP contribution in [0.25, 0.3) is 10.9 Å². The molecule has 3 rings (SSSR count). The van der Waals surface area contributed by atoms with Crippen LogP contribution in [0.3, 0.4) is 0 Å². The van der Waals surface area contributed by atoms with Crippen molar-refractivity contribution in [1.82, 2.24) is 4.98 Å². The van der Waals surface area contributed by atoms with Gasteiger partial charge >= 0.3 is 0 Å². The van der Waals surface area contributed by atoms with Crippen molar-refractivity contribution < 1.29 is 4.74 Å². The normalized spacial score (nSPS) is 10.9. The van der Waals surface area contributed by atoms with Crippen LogP contribution in [0.5, 0.6) is 5.75 Å². The van der Waals surface area contributed by atoms with Gasteiger partial charge in [0.15, 0.2) is 5.96 Å². The average Bonchev–Trinajstić information content (AvgIpc) is 2.65. The lowest BCUT2D eigenvalue weighted by molar-refractivity contribution is 0.415. The molecule has 0 aliphatic rings.